The Morgan fingerprint density at radius 3 is 2.77 bits per heavy atom. The maximum absolute atomic E-state index is 10.9. The van der Waals surface area contributed by atoms with Crippen LogP contribution in [0, 0.1) is 0 Å². The second-order valence-electron chi connectivity index (χ2n) is 7.63. The molecule has 3 aromatic heterocycles. The van der Waals surface area contributed by atoms with E-state index in [1.165, 1.54) is 0 Å². The standard InChI is InChI=1S/C23H24N4O3Si/c1-31(2)12-11-29-16-27-22(9-10-25-27)18-4-8-23(24-14-18)30-20-6-7-21-17(13-20)3-5-19(15-28)26-21/h3-10,13-15,31H,11-12,16H2,1-2H3. The lowest BCUT2D eigenvalue weighted by Crippen LogP contribution is -2.10. The van der Waals surface area contributed by atoms with E-state index in [4.69, 9.17) is 9.47 Å². The van der Waals surface area contributed by atoms with E-state index in [-0.39, 0.29) is 0 Å². The molecule has 0 fully saturated rings. The maximum atomic E-state index is 10.9. The number of carbonyl (C=O) groups is 1. The molecular formula is C23H24N4O3Si. The van der Waals surface area contributed by atoms with Crippen molar-refractivity contribution in [1.29, 1.82) is 0 Å². The number of carbonyl (C=O) groups excluding carboxylic acids is 1. The van der Waals surface area contributed by atoms with Gasteiger partial charge in [-0.05, 0) is 42.4 Å². The summed E-state index contributed by atoms with van der Waals surface area (Å²) in [6, 6.07) is 15.9. The molecule has 1 aromatic carbocycles. The van der Waals surface area contributed by atoms with Crippen LogP contribution in [-0.2, 0) is 11.5 Å². The fraction of sp³-hybridized carbons (Fsp3) is 0.217. The zero-order valence-electron chi connectivity index (χ0n) is 17.6. The van der Waals surface area contributed by atoms with Crippen LogP contribution in [0.2, 0.25) is 19.1 Å². The minimum atomic E-state index is -0.603. The van der Waals surface area contributed by atoms with E-state index >= 15 is 0 Å². The summed E-state index contributed by atoms with van der Waals surface area (Å²) < 4.78 is 13.5. The second kappa shape index (κ2) is 9.63. The van der Waals surface area contributed by atoms with E-state index in [0.717, 1.165) is 41.1 Å². The predicted molar refractivity (Wildman–Crippen MR) is 122 cm³/mol. The Hall–Kier alpha value is -3.36. The second-order valence-corrected chi connectivity index (χ2v) is 11.0. The normalized spacial score (nSPS) is 11.2. The van der Waals surface area contributed by atoms with Gasteiger partial charge in [-0.1, -0.05) is 19.2 Å². The number of hydrogen-bond donors (Lipinski definition) is 0. The average molecular weight is 433 g/mol. The quantitative estimate of drug-likeness (QED) is 0.219. The Balaban J connectivity index is 1.44. The first kappa shape index (κ1) is 20.9. The fourth-order valence-corrected chi connectivity index (χ4v) is 3.75. The number of fused-ring (bicyclic) bond motifs is 1. The number of aldehydes is 1. The number of benzene rings is 1. The van der Waals surface area contributed by atoms with Gasteiger partial charge >= 0.3 is 0 Å². The summed E-state index contributed by atoms with van der Waals surface area (Å²) >= 11 is 0. The third-order valence-electron chi connectivity index (χ3n) is 4.83. The number of rotatable bonds is 9. The Morgan fingerprint density at radius 2 is 2.00 bits per heavy atom. The van der Waals surface area contributed by atoms with Crippen LogP contribution < -0.4 is 4.74 Å². The summed E-state index contributed by atoms with van der Waals surface area (Å²) in [4.78, 5) is 19.6. The molecule has 0 aliphatic carbocycles. The lowest BCUT2D eigenvalue weighted by molar-refractivity contribution is 0.0801. The Bertz CT molecular complexity index is 1180. The highest BCUT2D eigenvalue weighted by Gasteiger charge is 2.08. The number of ether oxygens (including phenoxy) is 2. The van der Waals surface area contributed by atoms with Crippen molar-refractivity contribution in [1.82, 2.24) is 19.7 Å². The minimum Gasteiger partial charge on any atom is -0.439 e. The third-order valence-corrected chi connectivity index (χ3v) is 6.22. The number of pyridine rings is 2. The highest BCUT2D eigenvalue weighted by atomic mass is 28.3. The van der Waals surface area contributed by atoms with E-state index in [2.05, 4.69) is 28.2 Å². The van der Waals surface area contributed by atoms with Crippen LogP contribution in [0.4, 0.5) is 0 Å². The van der Waals surface area contributed by atoms with Gasteiger partial charge in [0.05, 0.1) is 11.2 Å². The van der Waals surface area contributed by atoms with Crippen molar-refractivity contribution in [2.75, 3.05) is 6.61 Å². The zero-order chi connectivity index (χ0) is 21.6. The summed E-state index contributed by atoms with van der Waals surface area (Å²) in [6.45, 7) is 5.83. The first-order chi connectivity index (χ1) is 15.1. The lowest BCUT2D eigenvalue weighted by atomic mass is 10.2. The van der Waals surface area contributed by atoms with E-state index in [9.17, 15) is 4.79 Å². The SMILES string of the molecule is C[SiH](C)CCOCn1nccc1-c1ccc(Oc2ccc3nc(C=O)ccc3c2)nc1. The van der Waals surface area contributed by atoms with Crippen molar-refractivity contribution < 1.29 is 14.3 Å². The number of nitrogens with zero attached hydrogens (tertiary/aromatic N) is 4. The molecule has 0 unspecified atom stereocenters. The van der Waals surface area contributed by atoms with Crippen LogP contribution in [0.3, 0.4) is 0 Å². The van der Waals surface area contributed by atoms with Gasteiger partial charge < -0.3 is 9.47 Å². The first-order valence-corrected chi connectivity index (χ1v) is 13.3. The highest BCUT2D eigenvalue weighted by Crippen LogP contribution is 2.26. The third kappa shape index (κ3) is 5.22. The van der Waals surface area contributed by atoms with Gasteiger partial charge in [0, 0.05) is 44.8 Å². The minimum absolute atomic E-state index is 0.407. The molecule has 0 spiro atoms. The van der Waals surface area contributed by atoms with Gasteiger partial charge in [0.1, 0.15) is 18.2 Å². The molecule has 4 aromatic rings. The number of aromatic nitrogens is 4. The molecule has 0 saturated heterocycles. The van der Waals surface area contributed by atoms with Crippen LogP contribution in [0.5, 0.6) is 11.6 Å². The average Bonchev–Trinajstić information content (AvgIpc) is 3.25. The fourth-order valence-electron chi connectivity index (χ4n) is 3.11. The molecule has 4 rings (SSSR count). The van der Waals surface area contributed by atoms with Crippen molar-refractivity contribution in [3.05, 3.63) is 66.6 Å². The topological polar surface area (TPSA) is 79.1 Å². The molecule has 8 heteroatoms. The molecule has 0 amide bonds. The molecule has 0 saturated carbocycles. The number of hydrogen-bond acceptors (Lipinski definition) is 6. The summed E-state index contributed by atoms with van der Waals surface area (Å²) in [5.74, 6) is 1.14. The largest absolute Gasteiger partial charge is 0.439 e. The molecule has 0 N–H and O–H groups in total. The van der Waals surface area contributed by atoms with Crippen molar-refractivity contribution in [2.45, 2.75) is 25.9 Å². The van der Waals surface area contributed by atoms with Crippen molar-refractivity contribution in [3.63, 3.8) is 0 Å². The van der Waals surface area contributed by atoms with Gasteiger partial charge in [-0.3, -0.25) is 4.79 Å². The van der Waals surface area contributed by atoms with Crippen molar-refractivity contribution in [2.24, 2.45) is 0 Å². The summed E-state index contributed by atoms with van der Waals surface area (Å²) in [5, 5.41) is 5.25. The van der Waals surface area contributed by atoms with Gasteiger partial charge in [0.2, 0.25) is 5.88 Å². The maximum Gasteiger partial charge on any atom is 0.219 e. The molecule has 0 radical (unpaired) electrons. The molecule has 0 bridgehead atoms. The van der Waals surface area contributed by atoms with Crippen LogP contribution >= 0.6 is 0 Å². The van der Waals surface area contributed by atoms with Crippen LogP contribution in [0.1, 0.15) is 10.5 Å². The zero-order valence-corrected chi connectivity index (χ0v) is 18.7. The Kier molecular flexibility index (Phi) is 6.49. The van der Waals surface area contributed by atoms with E-state index in [1.54, 1.807) is 18.5 Å². The molecule has 0 aliphatic heterocycles. The van der Waals surface area contributed by atoms with Gasteiger partial charge in [0.25, 0.3) is 0 Å². The molecule has 158 valence electrons. The summed E-state index contributed by atoms with van der Waals surface area (Å²) in [5.41, 5.74) is 3.04. The Labute approximate surface area is 182 Å². The molecule has 31 heavy (non-hydrogen) atoms. The smallest absolute Gasteiger partial charge is 0.219 e. The van der Waals surface area contributed by atoms with Crippen molar-refractivity contribution in [3.8, 4) is 22.9 Å². The molecule has 0 atom stereocenters. The van der Waals surface area contributed by atoms with E-state index in [1.807, 2.05) is 47.1 Å². The summed E-state index contributed by atoms with van der Waals surface area (Å²) in [6.07, 6.45) is 4.27. The molecular weight excluding hydrogens is 408 g/mol. The molecule has 0 aliphatic rings. The Morgan fingerprint density at radius 1 is 1.10 bits per heavy atom. The van der Waals surface area contributed by atoms with Gasteiger partial charge in [-0.25, -0.2) is 14.6 Å². The first-order valence-electron chi connectivity index (χ1n) is 10.2. The van der Waals surface area contributed by atoms with Gasteiger partial charge in [-0.15, -0.1) is 0 Å². The van der Waals surface area contributed by atoms with E-state index in [0.29, 0.717) is 24.1 Å². The van der Waals surface area contributed by atoms with Crippen LogP contribution in [0.15, 0.2) is 60.9 Å². The molecule has 3 heterocycles. The van der Waals surface area contributed by atoms with Crippen LogP contribution in [0.25, 0.3) is 22.2 Å². The lowest BCUT2D eigenvalue weighted by Gasteiger charge is -2.10. The van der Waals surface area contributed by atoms with Crippen molar-refractivity contribution >= 4 is 26.0 Å². The van der Waals surface area contributed by atoms with Crippen LogP contribution in [-0.4, -0.2) is 41.4 Å². The monoisotopic (exact) mass is 432 g/mol. The highest BCUT2D eigenvalue weighted by molar-refractivity contribution is 6.55. The van der Waals surface area contributed by atoms with Gasteiger partial charge in [0.15, 0.2) is 6.29 Å². The van der Waals surface area contributed by atoms with Gasteiger partial charge in [-0.2, -0.15) is 5.10 Å². The molecule has 7 nitrogen and oxygen atoms in total. The van der Waals surface area contributed by atoms with E-state index < -0.39 is 8.80 Å². The predicted octanol–water partition coefficient (Wildman–Crippen LogP) is 4.56. The summed E-state index contributed by atoms with van der Waals surface area (Å²) in [7, 11) is -0.603.